The maximum absolute atomic E-state index is 12.2. The minimum absolute atomic E-state index is 0.229. The molecule has 1 fully saturated rings. The SMILES string of the molecule is CCCCC1CCC(c2ccc(/C=C\C(F)(F)F)c(Cl)c2)CC1. The highest BCUT2D eigenvalue weighted by Crippen LogP contribution is 2.38. The molecule has 0 aromatic heterocycles. The van der Waals surface area contributed by atoms with Crippen molar-refractivity contribution in [1.29, 1.82) is 0 Å². The molecule has 0 atom stereocenters. The zero-order chi connectivity index (χ0) is 16.9. The van der Waals surface area contributed by atoms with E-state index in [0.29, 0.717) is 16.5 Å². The van der Waals surface area contributed by atoms with E-state index >= 15 is 0 Å². The first-order chi connectivity index (χ1) is 10.9. The predicted octanol–water partition coefficient (Wildman–Crippen LogP) is 7.38. The van der Waals surface area contributed by atoms with Crippen molar-refractivity contribution in [3.63, 3.8) is 0 Å². The molecule has 1 aromatic rings. The molecule has 23 heavy (non-hydrogen) atoms. The van der Waals surface area contributed by atoms with E-state index in [9.17, 15) is 13.2 Å². The Bertz CT molecular complexity index is 526. The molecule has 0 amide bonds. The summed E-state index contributed by atoms with van der Waals surface area (Å²) >= 11 is 6.16. The van der Waals surface area contributed by atoms with Gasteiger partial charge in [-0.1, -0.05) is 49.9 Å². The molecule has 0 nitrogen and oxygen atoms in total. The Morgan fingerprint density at radius 1 is 1.17 bits per heavy atom. The summed E-state index contributed by atoms with van der Waals surface area (Å²) in [5.74, 6) is 1.33. The smallest absolute Gasteiger partial charge is 0.167 e. The lowest BCUT2D eigenvalue weighted by Crippen LogP contribution is -2.13. The summed E-state index contributed by atoms with van der Waals surface area (Å²) in [5.41, 5.74) is 1.58. The van der Waals surface area contributed by atoms with Crippen molar-refractivity contribution in [1.82, 2.24) is 0 Å². The molecular formula is C19H24ClF3. The number of unbranched alkanes of at least 4 members (excludes halogenated alkanes) is 1. The molecule has 0 unspecified atom stereocenters. The molecule has 1 aromatic carbocycles. The van der Waals surface area contributed by atoms with Crippen LogP contribution < -0.4 is 0 Å². The van der Waals surface area contributed by atoms with Gasteiger partial charge in [-0.15, -0.1) is 0 Å². The first-order valence-electron chi connectivity index (χ1n) is 8.44. The van der Waals surface area contributed by atoms with Gasteiger partial charge in [0, 0.05) is 11.1 Å². The molecule has 0 spiro atoms. The Kier molecular flexibility index (Phi) is 6.58. The van der Waals surface area contributed by atoms with E-state index in [2.05, 4.69) is 6.92 Å². The van der Waals surface area contributed by atoms with Crippen LogP contribution in [0.2, 0.25) is 5.02 Å². The van der Waals surface area contributed by atoms with Crippen molar-refractivity contribution >= 4 is 17.7 Å². The quantitative estimate of drug-likeness (QED) is 0.522. The van der Waals surface area contributed by atoms with Crippen molar-refractivity contribution in [2.45, 2.75) is 64.0 Å². The lowest BCUT2D eigenvalue weighted by atomic mass is 9.77. The highest BCUT2D eigenvalue weighted by atomic mass is 35.5. The average Bonchev–Trinajstić information content (AvgIpc) is 2.51. The second-order valence-corrected chi connectivity index (χ2v) is 6.92. The number of allylic oxidation sites excluding steroid dienone is 1. The Labute approximate surface area is 141 Å². The third-order valence-corrected chi connectivity index (χ3v) is 5.09. The lowest BCUT2D eigenvalue weighted by molar-refractivity contribution is -0.0790. The summed E-state index contributed by atoms with van der Waals surface area (Å²) in [7, 11) is 0. The fraction of sp³-hybridized carbons (Fsp3) is 0.579. The van der Waals surface area contributed by atoms with E-state index in [0.717, 1.165) is 30.4 Å². The zero-order valence-corrected chi connectivity index (χ0v) is 14.3. The molecule has 1 aliphatic rings. The van der Waals surface area contributed by atoms with Gasteiger partial charge in [0.1, 0.15) is 0 Å². The van der Waals surface area contributed by atoms with Crippen LogP contribution in [0.15, 0.2) is 24.3 Å². The molecule has 0 N–H and O–H groups in total. The van der Waals surface area contributed by atoms with Gasteiger partial charge in [0.25, 0.3) is 0 Å². The minimum Gasteiger partial charge on any atom is -0.167 e. The Balaban J connectivity index is 1.97. The summed E-state index contributed by atoms with van der Waals surface area (Å²) in [6, 6.07) is 5.47. The zero-order valence-electron chi connectivity index (χ0n) is 13.5. The molecule has 2 rings (SSSR count). The second kappa shape index (κ2) is 8.23. The van der Waals surface area contributed by atoms with Crippen LogP contribution in [0.3, 0.4) is 0 Å². The fourth-order valence-corrected chi connectivity index (χ4v) is 3.65. The first-order valence-corrected chi connectivity index (χ1v) is 8.82. The van der Waals surface area contributed by atoms with E-state index in [4.69, 9.17) is 11.6 Å². The van der Waals surface area contributed by atoms with E-state index < -0.39 is 6.18 Å². The first kappa shape index (κ1) is 18.4. The number of rotatable bonds is 5. The Morgan fingerprint density at radius 3 is 2.43 bits per heavy atom. The molecule has 4 heteroatoms. The van der Waals surface area contributed by atoms with Crippen molar-refractivity contribution in [2.75, 3.05) is 0 Å². The van der Waals surface area contributed by atoms with Crippen LogP contribution in [0.5, 0.6) is 0 Å². The molecule has 1 aliphatic carbocycles. The van der Waals surface area contributed by atoms with Crippen LogP contribution in [0.4, 0.5) is 13.2 Å². The van der Waals surface area contributed by atoms with Crippen molar-refractivity contribution in [3.8, 4) is 0 Å². The highest BCUT2D eigenvalue weighted by Gasteiger charge is 2.23. The Morgan fingerprint density at radius 2 is 1.87 bits per heavy atom. The van der Waals surface area contributed by atoms with Crippen molar-refractivity contribution in [3.05, 3.63) is 40.4 Å². The normalized spacial score (nSPS) is 22.7. The van der Waals surface area contributed by atoms with Crippen molar-refractivity contribution in [2.24, 2.45) is 5.92 Å². The summed E-state index contributed by atoms with van der Waals surface area (Å²) in [6.45, 7) is 2.22. The third kappa shape index (κ3) is 5.87. The van der Waals surface area contributed by atoms with Gasteiger partial charge >= 0.3 is 6.18 Å². The van der Waals surface area contributed by atoms with Crippen LogP contribution in [0.25, 0.3) is 6.08 Å². The highest BCUT2D eigenvalue weighted by molar-refractivity contribution is 6.32. The number of hydrogen-bond donors (Lipinski definition) is 0. The van der Waals surface area contributed by atoms with E-state index in [1.54, 1.807) is 6.07 Å². The van der Waals surface area contributed by atoms with E-state index in [-0.39, 0.29) is 6.08 Å². The van der Waals surface area contributed by atoms with Gasteiger partial charge < -0.3 is 0 Å². The van der Waals surface area contributed by atoms with E-state index in [1.165, 1.54) is 32.1 Å². The number of benzene rings is 1. The Hall–Kier alpha value is -0.960. The van der Waals surface area contributed by atoms with Crippen LogP contribution in [0, 0.1) is 5.92 Å². The predicted molar refractivity (Wildman–Crippen MR) is 90.8 cm³/mol. The third-order valence-electron chi connectivity index (χ3n) is 4.76. The van der Waals surface area contributed by atoms with Gasteiger partial charge in [0.05, 0.1) is 0 Å². The van der Waals surface area contributed by atoms with Crippen LogP contribution in [-0.2, 0) is 0 Å². The van der Waals surface area contributed by atoms with Gasteiger partial charge in [0.15, 0.2) is 0 Å². The number of hydrogen-bond acceptors (Lipinski definition) is 0. The summed E-state index contributed by atoms with van der Waals surface area (Å²) in [6.07, 6.45) is 5.65. The second-order valence-electron chi connectivity index (χ2n) is 6.52. The van der Waals surface area contributed by atoms with Gasteiger partial charge in [0.2, 0.25) is 0 Å². The van der Waals surface area contributed by atoms with Crippen LogP contribution >= 0.6 is 11.6 Å². The largest absolute Gasteiger partial charge is 0.409 e. The van der Waals surface area contributed by atoms with Gasteiger partial charge in [-0.3, -0.25) is 0 Å². The standard InChI is InChI=1S/C19H24ClF3/c1-2-3-4-14-5-7-15(8-6-14)17-10-9-16(18(20)13-17)11-12-19(21,22)23/h9-15H,2-8H2,1H3/b12-11-. The molecule has 1 saturated carbocycles. The summed E-state index contributed by atoms with van der Waals surface area (Å²) in [5, 5.41) is 0.399. The van der Waals surface area contributed by atoms with Gasteiger partial charge in [-0.2, -0.15) is 13.2 Å². The van der Waals surface area contributed by atoms with Crippen molar-refractivity contribution < 1.29 is 13.2 Å². The van der Waals surface area contributed by atoms with E-state index in [1.807, 2.05) is 12.1 Å². The number of alkyl halides is 3. The van der Waals surface area contributed by atoms with Gasteiger partial charge in [-0.05, 0) is 60.8 Å². The lowest BCUT2D eigenvalue weighted by Gasteiger charge is -2.29. The maximum Gasteiger partial charge on any atom is 0.409 e. The molecule has 0 aliphatic heterocycles. The average molecular weight is 345 g/mol. The summed E-state index contributed by atoms with van der Waals surface area (Å²) in [4.78, 5) is 0. The van der Waals surface area contributed by atoms with Crippen LogP contribution in [0.1, 0.15) is 68.9 Å². The summed E-state index contributed by atoms with van der Waals surface area (Å²) < 4.78 is 36.7. The molecule has 0 saturated heterocycles. The monoisotopic (exact) mass is 344 g/mol. The number of halogens is 4. The van der Waals surface area contributed by atoms with Crippen LogP contribution in [-0.4, -0.2) is 6.18 Å². The molecular weight excluding hydrogens is 321 g/mol. The fourth-order valence-electron chi connectivity index (χ4n) is 3.39. The van der Waals surface area contributed by atoms with Gasteiger partial charge in [-0.25, -0.2) is 0 Å². The maximum atomic E-state index is 12.2. The topological polar surface area (TPSA) is 0 Å². The molecule has 0 radical (unpaired) electrons. The molecule has 0 bridgehead atoms. The molecule has 128 valence electrons. The molecule has 0 heterocycles. The minimum atomic E-state index is -4.31.